The molecule has 202 valence electrons. The lowest BCUT2D eigenvalue weighted by molar-refractivity contribution is 0.0697. The molecule has 1 aliphatic carbocycles. The minimum Gasteiger partial charge on any atom is -0.478 e. The molecule has 1 saturated carbocycles. The monoisotopic (exact) mass is 529 g/mol. The molecule has 1 aliphatic rings. The number of hydrogen-bond acceptors (Lipinski definition) is 5. The summed E-state index contributed by atoms with van der Waals surface area (Å²) in [7, 11) is 0. The molecule has 0 bridgehead atoms. The highest BCUT2D eigenvalue weighted by molar-refractivity contribution is 6.03. The Morgan fingerprint density at radius 3 is 2.51 bits per heavy atom. The van der Waals surface area contributed by atoms with Gasteiger partial charge >= 0.3 is 12.0 Å². The van der Waals surface area contributed by atoms with Crippen LogP contribution >= 0.6 is 0 Å². The molecule has 3 aromatic rings. The maximum Gasteiger partial charge on any atom is 0.336 e. The number of pyridine rings is 1. The molecule has 0 radical (unpaired) electrons. The molecule has 4 rings (SSSR count). The van der Waals surface area contributed by atoms with Gasteiger partial charge in [0.1, 0.15) is 17.6 Å². The zero-order valence-electron chi connectivity index (χ0n) is 22.1. The summed E-state index contributed by atoms with van der Waals surface area (Å²) < 4.78 is 14.2. The fourth-order valence-electron chi connectivity index (χ4n) is 5.04. The lowest BCUT2D eigenvalue weighted by Gasteiger charge is -2.38. The van der Waals surface area contributed by atoms with Crippen molar-refractivity contribution in [3.8, 4) is 17.2 Å². The highest BCUT2D eigenvalue weighted by Crippen LogP contribution is 2.37. The summed E-state index contributed by atoms with van der Waals surface area (Å²) >= 11 is 0. The Morgan fingerprint density at radius 2 is 1.87 bits per heavy atom. The molecule has 0 spiro atoms. The third-order valence-corrected chi connectivity index (χ3v) is 6.79. The molecule has 39 heavy (non-hydrogen) atoms. The molecule has 1 heterocycles. The van der Waals surface area contributed by atoms with Crippen LogP contribution in [0.4, 0.5) is 26.2 Å². The Morgan fingerprint density at radius 1 is 1.10 bits per heavy atom. The summed E-state index contributed by atoms with van der Waals surface area (Å²) in [5, 5.41) is 24.3. The van der Waals surface area contributed by atoms with E-state index in [-0.39, 0.29) is 16.8 Å². The molecular weight excluding hydrogens is 497 g/mol. The number of carbonyl (C=O) groups excluding carboxylic acids is 1. The number of nitrogens with zero attached hydrogens (tertiary/aromatic N) is 3. The number of carboxylic acids is 1. The van der Waals surface area contributed by atoms with Crippen molar-refractivity contribution in [3.63, 3.8) is 0 Å². The average molecular weight is 530 g/mol. The van der Waals surface area contributed by atoms with Gasteiger partial charge in [0.25, 0.3) is 0 Å². The molecule has 0 unspecified atom stereocenters. The number of rotatable bonds is 8. The summed E-state index contributed by atoms with van der Waals surface area (Å²) in [6.07, 6.45) is 6.96. The van der Waals surface area contributed by atoms with Crippen LogP contribution in [0.25, 0.3) is 11.1 Å². The topological polar surface area (TPSA) is 118 Å². The number of hydrogen-bond donors (Lipinski definition) is 3. The zero-order chi connectivity index (χ0) is 27.9. The van der Waals surface area contributed by atoms with Gasteiger partial charge in [-0.25, -0.2) is 19.0 Å². The van der Waals surface area contributed by atoms with Crippen molar-refractivity contribution >= 4 is 29.1 Å². The molecule has 2 aromatic carbocycles. The summed E-state index contributed by atoms with van der Waals surface area (Å²) in [4.78, 5) is 31.3. The smallest absolute Gasteiger partial charge is 0.336 e. The van der Waals surface area contributed by atoms with Gasteiger partial charge in [-0.1, -0.05) is 39.2 Å². The Bertz CT molecular complexity index is 1380. The van der Waals surface area contributed by atoms with Crippen LogP contribution in [-0.2, 0) is 0 Å². The van der Waals surface area contributed by atoms with E-state index in [1.807, 2.05) is 12.1 Å². The summed E-state index contributed by atoms with van der Waals surface area (Å²) in [5.74, 6) is -1.36. The summed E-state index contributed by atoms with van der Waals surface area (Å²) in [6, 6.07) is 13.7. The number of aromatic nitrogens is 1. The van der Waals surface area contributed by atoms with Crippen LogP contribution in [0.15, 0.2) is 54.7 Å². The minimum absolute atomic E-state index is 0.0328. The molecule has 2 amide bonds. The second-order valence-electron chi connectivity index (χ2n) is 10.2. The van der Waals surface area contributed by atoms with E-state index in [4.69, 9.17) is 5.26 Å². The third-order valence-electron chi connectivity index (χ3n) is 6.79. The molecular formula is C30H32FN5O3. The number of benzene rings is 2. The van der Waals surface area contributed by atoms with Gasteiger partial charge in [0, 0.05) is 12.6 Å². The van der Waals surface area contributed by atoms with Gasteiger partial charge < -0.3 is 20.6 Å². The molecule has 8 nitrogen and oxygen atoms in total. The maximum atomic E-state index is 14.2. The van der Waals surface area contributed by atoms with Gasteiger partial charge in [0.05, 0.1) is 28.8 Å². The zero-order valence-corrected chi connectivity index (χ0v) is 22.1. The highest BCUT2D eigenvalue weighted by Gasteiger charge is 2.25. The number of carboxylic acid groups (broad SMARTS) is 1. The lowest BCUT2D eigenvalue weighted by Crippen LogP contribution is -2.40. The number of urea groups is 1. The number of carbonyl (C=O) groups is 2. The average Bonchev–Trinajstić information content (AvgIpc) is 2.92. The Hall–Kier alpha value is -4.45. The van der Waals surface area contributed by atoms with E-state index in [0.29, 0.717) is 28.9 Å². The third kappa shape index (κ3) is 6.90. The van der Waals surface area contributed by atoms with Crippen molar-refractivity contribution in [1.29, 1.82) is 5.26 Å². The van der Waals surface area contributed by atoms with E-state index in [1.165, 1.54) is 30.8 Å². The van der Waals surface area contributed by atoms with Crippen LogP contribution in [0.2, 0.25) is 0 Å². The second kappa shape index (κ2) is 12.4. The normalized spacial score (nSPS) is 13.5. The van der Waals surface area contributed by atoms with Gasteiger partial charge in [0.15, 0.2) is 0 Å². The molecule has 0 saturated heterocycles. The van der Waals surface area contributed by atoms with E-state index in [2.05, 4.69) is 34.4 Å². The molecule has 1 aromatic heterocycles. The largest absolute Gasteiger partial charge is 0.478 e. The number of nitriles is 1. The Kier molecular flexibility index (Phi) is 8.77. The first-order chi connectivity index (χ1) is 18.7. The van der Waals surface area contributed by atoms with E-state index < -0.39 is 17.8 Å². The van der Waals surface area contributed by atoms with Crippen LogP contribution in [0.5, 0.6) is 0 Å². The fraction of sp³-hybridized carbons (Fsp3) is 0.333. The molecule has 3 N–H and O–H groups in total. The quantitative estimate of drug-likeness (QED) is 0.292. The standard InChI is InChI=1S/C30H32FN5O3/c1-19(2)18-36(24-6-4-3-5-7-24)28-13-8-20(26-15-21(31)9-12-25(26)29(37)38)14-27(28)35-30(39)34-23-11-10-22(16-32)33-17-23/h8-15,17,19,24H,3-7,18H2,1-2H3,(H,37,38)(H2,34,35,39). The lowest BCUT2D eigenvalue weighted by atomic mass is 9.92. The van der Waals surface area contributed by atoms with Gasteiger partial charge in [-0.15, -0.1) is 0 Å². The predicted molar refractivity (Wildman–Crippen MR) is 149 cm³/mol. The fourth-order valence-corrected chi connectivity index (χ4v) is 5.04. The van der Waals surface area contributed by atoms with Crippen LogP contribution in [0, 0.1) is 23.1 Å². The second-order valence-corrected chi connectivity index (χ2v) is 10.2. The van der Waals surface area contributed by atoms with E-state index in [9.17, 15) is 19.1 Å². The van der Waals surface area contributed by atoms with Crippen molar-refractivity contribution in [1.82, 2.24) is 4.98 Å². The minimum atomic E-state index is -1.17. The van der Waals surface area contributed by atoms with Gasteiger partial charge in [0.2, 0.25) is 0 Å². The van der Waals surface area contributed by atoms with Crippen molar-refractivity contribution in [2.45, 2.75) is 52.0 Å². The number of amides is 2. The van der Waals surface area contributed by atoms with E-state index >= 15 is 0 Å². The van der Waals surface area contributed by atoms with Crippen LogP contribution in [-0.4, -0.2) is 34.7 Å². The number of halogens is 1. The maximum absolute atomic E-state index is 14.2. The van der Waals surface area contributed by atoms with Gasteiger partial charge in [-0.3, -0.25) is 0 Å². The predicted octanol–water partition coefficient (Wildman–Crippen LogP) is 6.90. The number of anilines is 3. The summed E-state index contributed by atoms with van der Waals surface area (Å²) in [6.45, 7) is 5.07. The Balaban J connectivity index is 1.75. The van der Waals surface area contributed by atoms with E-state index in [0.717, 1.165) is 44.0 Å². The van der Waals surface area contributed by atoms with Crippen LogP contribution in [0.3, 0.4) is 0 Å². The first-order valence-electron chi connectivity index (χ1n) is 13.1. The number of nitrogens with one attached hydrogen (secondary N) is 2. The van der Waals surface area contributed by atoms with Crippen molar-refractivity contribution < 1.29 is 19.1 Å². The highest BCUT2D eigenvalue weighted by atomic mass is 19.1. The van der Waals surface area contributed by atoms with E-state index in [1.54, 1.807) is 18.2 Å². The van der Waals surface area contributed by atoms with Crippen LogP contribution in [0.1, 0.15) is 62.0 Å². The van der Waals surface area contributed by atoms with Crippen LogP contribution < -0.4 is 15.5 Å². The Labute approximate surface area is 227 Å². The first kappa shape index (κ1) is 27.6. The first-order valence-corrected chi connectivity index (χ1v) is 13.1. The molecule has 9 heteroatoms. The molecule has 0 atom stereocenters. The summed E-state index contributed by atoms with van der Waals surface area (Å²) in [5.41, 5.74) is 2.61. The van der Waals surface area contributed by atoms with Gasteiger partial charge in [-0.2, -0.15) is 5.26 Å². The molecule has 0 aliphatic heterocycles. The number of aromatic carboxylic acids is 1. The SMILES string of the molecule is CC(C)CN(c1ccc(-c2cc(F)ccc2C(=O)O)cc1NC(=O)Nc1ccc(C#N)nc1)C1CCCCC1. The van der Waals surface area contributed by atoms with Crippen molar-refractivity contribution in [2.75, 3.05) is 22.1 Å². The molecule has 1 fully saturated rings. The van der Waals surface area contributed by atoms with Crippen molar-refractivity contribution in [3.05, 3.63) is 71.8 Å². The van der Waals surface area contributed by atoms with Gasteiger partial charge in [-0.05, 0) is 72.4 Å². The van der Waals surface area contributed by atoms with Crippen molar-refractivity contribution in [2.24, 2.45) is 5.92 Å².